The number of carbonyl (C=O) groups is 1. The third-order valence-corrected chi connectivity index (χ3v) is 5.17. The predicted octanol–water partition coefficient (Wildman–Crippen LogP) is 4.40. The Morgan fingerprint density at radius 2 is 2.00 bits per heavy atom. The average molecular weight is 326 g/mol. The molecule has 1 spiro atoms. The molecule has 0 bridgehead atoms. The summed E-state index contributed by atoms with van der Waals surface area (Å²) < 4.78 is 38.2. The van der Waals surface area contributed by atoms with Crippen molar-refractivity contribution in [2.45, 2.75) is 57.3 Å². The Hall–Kier alpha value is -1.72. The molecule has 0 aromatic heterocycles. The van der Waals surface area contributed by atoms with E-state index in [1.54, 1.807) is 13.0 Å². The van der Waals surface area contributed by atoms with Crippen LogP contribution in [0.25, 0.3) is 0 Å². The maximum Gasteiger partial charge on any atom is 0.416 e. The number of rotatable bonds is 3. The Kier molecular flexibility index (Phi) is 4.02. The van der Waals surface area contributed by atoms with Gasteiger partial charge in [-0.05, 0) is 55.7 Å². The summed E-state index contributed by atoms with van der Waals surface area (Å²) in [5.41, 5.74) is 0.221. The highest BCUT2D eigenvalue weighted by Gasteiger charge is 2.48. The molecule has 0 radical (unpaired) electrons. The van der Waals surface area contributed by atoms with E-state index in [0.29, 0.717) is 11.0 Å². The van der Waals surface area contributed by atoms with Crippen LogP contribution in [0.2, 0.25) is 0 Å². The van der Waals surface area contributed by atoms with Gasteiger partial charge in [-0.15, -0.1) is 0 Å². The molecule has 0 unspecified atom stereocenters. The number of nitrogens with one attached hydrogen (secondary N) is 2. The molecule has 126 valence electrons. The van der Waals surface area contributed by atoms with Gasteiger partial charge in [0.25, 0.3) is 0 Å². The predicted molar refractivity (Wildman–Crippen MR) is 80.8 cm³/mol. The lowest BCUT2D eigenvalue weighted by Crippen LogP contribution is -2.55. The summed E-state index contributed by atoms with van der Waals surface area (Å²) in [4.78, 5) is 12.0. The van der Waals surface area contributed by atoms with Crippen LogP contribution >= 0.6 is 0 Å². The van der Waals surface area contributed by atoms with Crippen molar-refractivity contribution in [1.82, 2.24) is 10.6 Å². The van der Waals surface area contributed by atoms with Gasteiger partial charge in [0.1, 0.15) is 0 Å². The molecule has 0 heterocycles. The highest BCUT2D eigenvalue weighted by Crippen LogP contribution is 2.55. The van der Waals surface area contributed by atoms with E-state index in [-0.39, 0.29) is 12.1 Å². The molecule has 1 aromatic carbocycles. The minimum absolute atomic E-state index is 0.198. The zero-order valence-electron chi connectivity index (χ0n) is 13.0. The topological polar surface area (TPSA) is 41.1 Å². The van der Waals surface area contributed by atoms with E-state index in [4.69, 9.17) is 0 Å². The zero-order valence-corrected chi connectivity index (χ0v) is 13.0. The molecule has 0 saturated heterocycles. The molecule has 3 nitrogen and oxygen atoms in total. The van der Waals surface area contributed by atoms with Crippen LogP contribution in [0.15, 0.2) is 24.3 Å². The zero-order chi connectivity index (χ0) is 16.7. The summed E-state index contributed by atoms with van der Waals surface area (Å²) in [6.07, 6.45) is 1.48. The lowest BCUT2D eigenvalue weighted by Gasteiger charge is -2.54. The Morgan fingerprint density at radius 3 is 2.57 bits per heavy atom. The van der Waals surface area contributed by atoms with Gasteiger partial charge < -0.3 is 10.6 Å². The van der Waals surface area contributed by atoms with Crippen LogP contribution in [0.4, 0.5) is 18.0 Å². The van der Waals surface area contributed by atoms with Gasteiger partial charge in [-0.1, -0.05) is 18.6 Å². The van der Waals surface area contributed by atoms with E-state index in [9.17, 15) is 18.0 Å². The highest BCUT2D eigenvalue weighted by molar-refractivity contribution is 5.75. The number of carbonyl (C=O) groups excluding carboxylic acids is 1. The number of amides is 2. The van der Waals surface area contributed by atoms with Gasteiger partial charge >= 0.3 is 12.2 Å². The number of benzene rings is 1. The van der Waals surface area contributed by atoms with Gasteiger partial charge in [0.2, 0.25) is 0 Å². The minimum atomic E-state index is -4.37. The molecule has 2 fully saturated rings. The molecule has 2 aliphatic rings. The van der Waals surface area contributed by atoms with Gasteiger partial charge in [-0.3, -0.25) is 0 Å². The van der Waals surface area contributed by atoms with E-state index >= 15 is 0 Å². The van der Waals surface area contributed by atoms with Crippen LogP contribution in [0.3, 0.4) is 0 Å². The smallest absolute Gasteiger partial charge is 0.335 e. The fourth-order valence-corrected chi connectivity index (χ4v) is 3.66. The van der Waals surface area contributed by atoms with Crippen molar-refractivity contribution in [1.29, 1.82) is 0 Å². The Morgan fingerprint density at radius 1 is 1.30 bits per heavy atom. The normalized spacial score (nSPS) is 21.2. The molecule has 23 heavy (non-hydrogen) atoms. The summed E-state index contributed by atoms with van der Waals surface area (Å²) in [6.45, 7) is 1.68. The van der Waals surface area contributed by atoms with Gasteiger partial charge in [0.15, 0.2) is 0 Å². The SMILES string of the molecule is C[C@@H](NC(=O)NC1CC2(CCC2)C1)c1cccc(C(F)(F)F)c1. The van der Waals surface area contributed by atoms with Crippen molar-refractivity contribution in [3.63, 3.8) is 0 Å². The van der Waals surface area contributed by atoms with Crippen molar-refractivity contribution in [3.8, 4) is 0 Å². The van der Waals surface area contributed by atoms with E-state index in [1.807, 2.05) is 0 Å². The number of urea groups is 1. The number of alkyl halides is 3. The molecule has 6 heteroatoms. The highest BCUT2D eigenvalue weighted by atomic mass is 19.4. The van der Waals surface area contributed by atoms with Gasteiger partial charge in [0.05, 0.1) is 11.6 Å². The minimum Gasteiger partial charge on any atom is -0.335 e. The lowest BCUT2D eigenvalue weighted by molar-refractivity contribution is -0.137. The van der Waals surface area contributed by atoms with Gasteiger partial charge in [-0.2, -0.15) is 13.2 Å². The van der Waals surface area contributed by atoms with Gasteiger partial charge in [-0.25, -0.2) is 4.79 Å². The molecule has 2 N–H and O–H groups in total. The molecule has 2 amide bonds. The van der Waals surface area contributed by atoms with Crippen LogP contribution in [0.1, 0.15) is 56.2 Å². The van der Waals surface area contributed by atoms with Crippen molar-refractivity contribution in [2.75, 3.05) is 0 Å². The molecule has 3 rings (SSSR count). The first-order chi connectivity index (χ1) is 10.8. The van der Waals surface area contributed by atoms with E-state index in [0.717, 1.165) is 25.0 Å². The molecule has 1 aromatic rings. The van der Waals surface area contributed by atoms with Crippen molar-refractivity contribution < 1.29 is 18.0 Å². The quantitative estimate of drug-likeness (QED) is 0.849. The number of hydrogen-bond donors (Lipinski definition) is 2. The Balaban J connectivity index is 1.52. The van der Waals surface area contributed by atoms with Crippen molar-refractivity contribution in [3.05, 3.63) is 35.4 Å². The molecule has 1 atom stereocenters. The number of halogens is 3. The second-order valence-electron chi connectivity index (χ2n) is 6.92. The van der Waals surface area contributed by atoms with E-state index in [1.165, 1.54) is 25.3 Å². The Labute approximate surface area is 133 Å². The summed E-state index contributed by atoms with van der Waals surface area (Å²) in [7, 11) is 0. The van der Waals surface area contributed by atoms with Crippen LogP contribution in [-0.4, -0.2) is 12.1 Å². The lowest BCUT2D eigenvalue weighted by atomic mass is 9.54. The first kappa shape index (κ1) is 16.1. The third-order valence-electron chi connectivity index (χ3n) is 5.17. The maximum atomic E-state index is 12.7. The van der Waals surface area contributed by atoms with E-state index in [2.05, 4.69) is 10.6 Å². The Bertz CT molecular complexity index is 588. The van der Waals surface area contributed by atoms with Crippen LogP contribution in [0.5, 0.6) is 0 Å². The molecular weight excluding hydrogens is 305 g/mol. The van der Waals surface area contributed by atoms with Crippen molar-refractivity contribution in [2.24, 2.45) is 5.41 Å². The average Bonchev–Trinajstić information content (AvgIpc) is 2.39. The van der Waals surface area contributed by atoms with Crippen molar-refractivity contribution >= 4 is 6.03 Å². The fraction of sp³-hybridized carbons (Fsp3) is 0.588. The maximum absolute atomic E-state index is 12.7. The summed E-state index contributed by atoms with van der Waals surface area (Å²) in [5, 5.41) is 5.63. The standard InChI is InChI=1S/C17H21F3N2O/c1-11(12-4-2-5-13(8-12)17(18,19)20)21-15(23)22-14-9-16(10-14)6-3-7-16/h2,4-5,8,11,14H,3,6-7,9-10H2,1H3,(H2,21,22,23)/t11-/m1/s1. The van der Waals surface area contributed by atoms with Crippen LogP contribution in [0, 0.1) is 5.41 Å². The second kappa shape index (κ2) is 5.73. The van der Waals surface area contributed by atoms with Crippen LogP contribution in [-0.2, 0) is 6.18 Å². The molecule has 2 aliphatic carbocycles. The third kappa shape index (κ3) is 3.46. The first-order valence-electron chi connectivity index (χ1n) is 8.02. The summed E-state index contributed by atoms with van der Waals surface area (Å²) in [6, 6.07) is 4.47. The van der Waals surface area contributed by atoms with Crippen LogP contribution < -0.4 is 10.6 Å². The fourth-order valence-electron chi connectivity index (χ4n) is 3.66. The summed E-state index contributed by atoms with van der Waals surface area (Å²) in [5.74, 6) is 0. The molecular formula is C17H21F3N2O. The number of hydrogen-bond acceptors (Lipinski definition) is 1. The monoisotopic (exact) mass is 326 g/mol. The van der Waals surface area contributed by atoms with Gasteiger partial charge in [0, 0.05) is 6.04 Å². The largest absolute Gasteiger partial charge is 0.416 e. The second-order valence-corrected chi connectivity index (χ2v) is 6.92. The van der Waals surface area contributed by atoms with E-state index < -0.39 is 17.8 Å². The molecule has 2 saturated carbocycles. The first-order valence-corrected chi connectivity index (χ1v) is 8.02. The molecule has 0 aliphatic heterocycles. The summed E-state index contributed by atoms with van der Waals surface area (Å²) >= 11 is 0.